The highest BCUT2D eigenvalue weighted by Gasteiger charge is 2.58. The summed E-state index contributed by atoms with van der Waals surface area (Å²) in [4.78, 5) is 0. The molecule has 2 aliphatic rings. The first kappa shape index (κ1) is 24.5. The van der Waals surface area contributed by atoms with Crippen LogP contribution in [0.3, 0.4) is 0 Å². The van der Waals surface area contributed by atoms with Gasteiger partial charge in [0.2, 0.25) is 0 Å². The van der Waals surface area contributed by atoms with E-state index in [1.165, 1.54) is 16.8 Å². The third-order valence-corrected chi connectivity index (χ3v) is 13.0. The van der Waals surface area contributed by atoms with Crippen LogP contribution < -0.4 is 10.4 Å². The largest absolute Gasteiger partial charge is 0.407 e. The second-order valence-electron chi connectivity index (χ2n) is 11.6. The van der Waals surface area contributed by atoms with Crippen LogP contribution in [-0.4, -0.2) is 28.1 Å². The van der Waals surface area contributed by atoms with Gasteiger partial charge in [0.1, 0.15) is 0 Å². The molecule has 184 valence electrons. The molecule has 2 atom stereocenters. The highest BCUT2D eigenvalue weighted by Crippen LogP contribution is 2.58. The summed E-state index contributed by atoms with van der Waals surface area (Å²) in [7, 11) is -2.52. The van der Waals surface area contributed by atoms with Crippen molar-refractivity contribution in [3.63, 3.8) is 0 Å². The molecule has 0 amide bonds. The van der Waals surface area contributed by atoms with Crippen molar-refractivity contribution in [2.45, 2.75) is 45.4 Å². The maximum atomic E-state index is 7.26. The van der Waals surface area contributed by atoms with Crippen molar-refractivity contribution in [3.8, 4) is 0 Å². The third-order valence-electron chi connectivity index (χ3n) is 8.02. The fourth-order valence-corrected chi connectivity index (χ4v) is 10.6. The molecule has 2 fully saturated rings. The van der Waals surface area contributed by atoms with Crippen LogP contribution in [0.1, 0.15) is 46.0 Å². The smallest absolute Gasteiger partial charge is 0.261 e. The normalized spacial score (nSPS) is 26.9. The molecule has 5 rings (SSSR count). The van der Waals surface area contributed by atoms with Gasteiger partial charge in [-0.1, -0.05) is 119 Å². The second kappa shape index (κ2) is 9.66. The van der Waals surface area contributed by atoms with Crippen LogP contribution in [0.25, 0.3) is 0 Å². The average Bonchev–Trinajstić information content (AvgIpc) is 3.57. The molecule has 3 aromatic carbocycles. The number of benzene rings is 3. The Balaban J connectivity index is 1.32. The molecule has 3 aromatic rings. The Bertz CT molecular complexity index is 1050. The average molecular weight is 487 g/mol. The maximum absolute atomic E-state index is 7.26. The Morgan fingerprint density at radius 3 is 1.77 bits per heavy atom. The number of hydrogen-bond acceptors (Lipinski definition) is 3. The Kier molecular flexibility index (Phi) is 6.75. The summed E-state index contributed by atoms with van der Waals surface area (Å²) < 4.78 is 19.6. The Morgan fingerprint density at radius 2 is 1.29 bits per heavy atom. The predicted octanol–water partition coefficient (Wildman–Crippen LogP) is 5.95. The molecule has 1 saturated heterocycles. The Hall–Kier alpha value is -2.24. The lowest BCUT2D eigenvalue weighted by Gasteiger charge is -2.44. The summed E-state index contributed by atoms with van der Waals surface area (Å²) in [5.74, 6) is 0.986. The van der Waals surface area contributed by atoms with Crippen molar-refractivity contribution in [2.24, 2.45) is 17.3 Å². The van der Waals surface area contributed by atoms with E-state index in [9.17, 15) is 0 Å². The van der Waals surface area contributed by atoms with Crippen molar-refractivity contribution in [1.82, 2.24) is 0 Å². The molecule has 1 aliphatic heterocycles. The second-order valence-corrected chi connectivity index (χ2v) is 15.9. The first-order valence-corrected chi connectivity index (χ1v) is 14.8. The van der Waals surface area contributed by atoms with E-state index in [4.69, 9.17) is 13.9 Å². The summed E-state index contributed by atoms with van der Waals surface area (Å²) >= 11 is 0. The van der Waals surface area contributed by atoms with Gasteiger partial charge in [-0.25, -0.2) is 0 Å². The molecule has 0 bridgehead atoms. The zero-order chi connectivity index (χ0) is 24.5. The number of ether oxygens (including phenoxy) is 2. The zero-order valence-electron chi connectivity index (χ0n) is 21.4. The number of rotatable bonds is 7. The van der Waals surface area contributed by atoms with Crippen LogP contribution in [0.4, 0.5) is 0 Å². The minimum Gasteiger partial charge on any atom is -0.407 e. The van der Waals surface area contributed by atoms with Crippen molar-refractivity contribution >= 4 is 18.7 Å². The van der Waals surface area contributed by atoms with Crippen LogP contribution in [0.5, 0.6) is 0 Å². The van der Waals surface area contributed by atoms with E-state index in [1.807, 2.05) is 18.2 Å². The lowest BCUT2D eigenvalue weighted by Crippen LogP contribution is -2.67. The predicted molar refractivity (Wildman–Crippen MR) is 144 cm³/mol. The van der Waals surface area contributed by atoms with Crippen LogP contribution in [0, 0.1) is 17.3 Å². The van der Waals surface area contributed by atoms with Gasteiger partial charge in [0.05, 0.1) is 13.2 Å². The first-order valence-electron chi connectivity index (χ1n) is 12.9. The summed E-state index contributed by atoms with van der Waals surface area (Å²) in [5.41, 5.74) is 1.25. The van der Waals surface area contributed by atoms with E-state index in [1.54, 1.807) is 0 Å². The molecule has 0 radical (unpaired) electrons. The topological polar surface area (TPSA) is 27.7 Å². The molecule has 35 heavy (non-hydrogen) atoms. The van der Waals surface area contributed by atoms with E-state index in [2.05, 4.69) is 100 Å². The van der Waals surface area contributed by atoms with Crippen LogP contribution in [0.2, 0.25) is 5.04 Å². The summed E-state index contributed by atoms with van der Waals surface area (Å²) in [6, 6.07) is 32.1. The van der Waals surface area contributed by atoms with E-state index >= 15 is 0 Å². The zero-order valence-corrected chi connectivity index (χ0v) is 22.4. The Morgan fingerprint density at radius 1 is 0.800 bits per heavy atom. The van der Waals surface area contributed by atoms with E-state index < -0.39 is 8.32 Å². The summed E-state index contributed by atoms with van der Waals surface area (Å²) in [5, 5.41) is 2.68. The van der Waals surface area contributed by atoms with Crippen molar-refractivity contribution in [1.29, 1.82) is 0 Å². The quantitative estimate of drug-likeness (QED) is 0.386. The molecular weight excluding hydrogens is 448 g/mol. The first-order chi connectivity index (χ1) is 16.8. The fourth-order valence-electron chi connectivity index (χ4n) is 5.93. The molecule has 1 heterocycles. The van der Waals surface area contributed by atoms with Crippen molar-refractivity contribution < 1.29 is 13.9 Å². The maximum Gasteiger partial charge on any atom is 0.261 e. The van der Waals surface area contributed by atoms with Crippen LogP contribution >= 0.6 is 0 Å². The monoisotopic (exact) mass is 486 g/mol. The summed E-state index contributed by atoms with van der Waals surface area (Å²) in [6.07, 6.45) is 0.921. The van der Waals surface area contributed by atoms with E-state index in [0.29, 0.717) is 11.8 Å². The molecular formula is C31H38O3Si. The van der Waals surface area contributed by atoms with Gasteiger partial charge in [0, 0.05) is 18.1 Å². The van der Waals surface area contributed by atoms with Gasteiger partial charge < -0.3 is 13.9 Å². The van der Waals surface area contributed by atoms with Crippen LogP contribution in [0.15, 0.2) is 91.0 Å². The number of hydrogen-bond donors (Lipinski definition) is 0. The highest BCUT2D eigenvalue weighted by molar-refractivity contribution is 6.99. The van der Waals surface area contributed by atoms with Gasteiger partial charge in [-0.2, -0.15) is 0 Å². The minimum atomic E-state index is -2.52. The lowest BCUT2D eigenvalue weighted by atomic mass is 9.97. The van der Waals surface area contributed by atoms with E-state index in [0.717, 1.165) is 25.4 Å². The standard InChI is InChI=1S/C31H38O3Si/c1-30(2,3)35(26-16-10-6-11-17-26,27-18-12-7-13-19-27)34-23-31(4)20-28(31)25-21-32-29(33-22-25)24-14-8-5-9-15-24/h5-19,25,28-29H,20-23H2,1-4H3/t25?,28-,29?,31+/m0/s1. The summed E-state index contributed by atoms with van der Waals surface area (Å²) in [6.45, 7) is 11.7. The van der Waals surface area contributed by atoms with Gasteiger partial charge in [0.25, 0.3) is 8.32 Å². The Labute approximate surface area is 211 Å². The molecule has 0 N–H and O–H groups in total. The SMILES string of the molecule is CC(C)(C)[Si](OC[C@@]1(C)C[C@H]1C1COC(c2ccccc2)OC1)(c1ccccc1)c1ccccc1. The van der Waals surface area contributed by atoms with Gasteiger partial charge in [0.15, 0.2) is 6.29 Å². The van der Waals surface area contributed by atoms with Crippen molar-refractivity contribution in [3.05, 3.63) is 96.6 Å². The molecule has 0 unspecified atom stereocenters. The fraction of sp³-hybridized carbons (Fsp3) is 0.419. The molecule has 1 saturated carbocycles. The lowest BCUT2D eigenvalue weighted by molar-refractivity contribution is -0.209. The van der Waals surface area contributed by atoms with Gasteiger partial charge in [-0.15, -0.1) is 0 Å². The molecule has 4 heteroatoms. The molecule has 1 aliphatic carbocycles. The van der Waals surface area contributed by atoms with Crippen molar-refractivity contribution in [2.75, 3.05) is 19.8 Å². The minimum absolute atomic E-state index is 0.00355. The molecule has 3 nitrogen and oxygen atoms in total. The van der Waals surface area contributed by atoms with Crippen LogP contribution in [-0.2, 0) is 13.9 Å². The van der Waals surface area contributed by atoms with Gasteiger partial charge in [-0.3, -0.25) is 0 Å². The molecule has 0 aromatic heterocycles. The van der Waals surface area contributed by atoms with Gasteiger partial charge in [-0.05, 0) is 33.2 Å². The third kappa shape index (κ3) is 4.77. The van der Waals surface area contributed by atoms with E-state index in [-0.39, 0.29) is 16.7 Å². The highest BCUT2D eigenvalue weighted by atomic mass is 28.4. The van der Waals surface area contributed by atoms with Gasteiger partial charge >= 0.3 is 0 Å². The molecule has 0 spiro atoms.